The molecule has 2 N–H and O–H groups in total. The van der Waals surface area contributed by atoms with Gasteiger partial charge in [-0.15, -0.1) is 0 Å². The molecule has 0 unspecified atom stereocenters. The zero-order chi connectivity index (χ0) is 14.5. The fraction of sp³-hybridized carbons (Fsp3) is 0.357. The highest BCUT2D eigenvalue weighted by atomic mass is 35.5. The zero-order valence-electron chi connectivity index (χ0n) is 11.1. The van der Waals surface area contributed by atoms with Gasteiger partial charge in [0.05, 0.1) is 12.1 Å². The number of hydrogen-bond donors (Lipinski definition) is 2. The Labute approximate surface area is 117 Å². The van der Waals surface area contributed by atoms with Gasteiger partial charge in [-0.1, -0.05) is 23.4 Å². The van der Waals surface area contributed by atoms with E-state index in [-0.39, 0.29) is 12.3 Å². The number of nitrogens with one attached hydrogen (secondary N) is 1. The summed E-state index contributed by atoms with van der Waals surface area (Å²) in [6.07, 6.45) is -0.526. The lowest BCUT2D eigenvalue weighted by Crippen LogP contribution is -2.32. The SMILES string of the molecule is CC(C)(C)OC(=O)NCC#Cc1ccc(Cl)cc1O. The van der Waals surface area contributed by atoms with Gasteiger partial charge in [-0.25, -0.2) is 4.79 Å². The van der Waals surface area contributed by atoms with E-state index in [0.29, 0.717) is 10.6 Å². The van der Waals surface area contributed by atoms with Crippen LogP contribution in [0.15, 0.2) is 18.2 Å². The maximum absolute atomic E-state index is 11.3. The molecule has 4 nitrogen and oxygen atoms in total. The number of phenolic OH excluding ortho intramolecular Hbond substituents is 1. The third kappa shape index (κ3) is 6.03. The Bertz CT molecular complexity index is 524. The molecule has 0 radical (unpaired) electrons. The summed E-state index contributed by atoms with van der Waals surface area (Å²) in [4.78, 5) is 11.3. The molecule has 0 saturated carbocycles. The Morgan fingerprint density at radius 3 is 2.74 bits per heavy atom. The van der Waals surface area contributed by atoms with Crippen molar-refractivity contribution < 1.29 is 14.6 Å². The van der Waals surface area contributed by atoms with Gasteiger partial charge in [0.2, 0.25) is 0 Å². The minimum atomic E-state index is -0.536. The number of hydrogen-bond acceptors (Lipinski definition) is 3. The molecule has 1 aromatic rings. The summed E-state index contributed by atoms with van der Waals surface area (Å²) >= 11 is 5.70. The van der Waals surface area contributed by atoms with Gasteiger partial charge in [-0.05, 0) is 39.0 Å². The fourth-order valence-electron chi connectivity index (χ4n) is 1.18. The molecule has 1 amide bonds. The Morgan fingerprint density at radius 2 is 2.16 bits per heavy atom. The third-order valence-corrected chi connectivity index (χ3v) is 2.14. The predicted molar refractivity (Wildman–Crippen MR) is 74.2 cm³/mol. The van der Waals surface area contributed by atoms with E-state index < -0.39 is 11.7 Å². The van der Waals surface area contributed by atoms with Crippen molar-refractivity contribution in [3.05, 3.63) is 28.8 Å². The molecule has 19 heavy (non-hydrogen) atoms. The summed E-state index contributed by atoms with van der Waals surface area (Å²) in [6, 6.07) is 4.65. The first kappa shape index (κ1) is 15.2. The summed E-state index contributed by atoms with van der Waals surface area (Å²) in [6.45, 7) is 5.48. The maximum atomic E-state index is 11.3. The van der Waals surface area contributed by atoms with Gasteiger partial charge < -0.3 is 15.2 Å². The van der Waals surface area contributed by atoms with E-state index in [1.807, 2.05) is 0 Å². The van der Waals surface area contributed by atoms with E-state index in [4.69, 9.17) is 16.3 Å². The molecule has 0 heterocycles. The van der Waals surface area contributed by atoms with E-state index in [2.05, 4.69) is 17.2 Å². The second-order valence-electron chi connectivity index (χ2n) is 4.82. The first-order valence-electron chi connectivity index (χ1n) is 5.72. The van der Waals surface area contributed by atoms with Gasteiger partial charge in [0.15, 0.2) is 0 Å². The highest BCUT2D eigenvalue weighted by Crippen LogP contribution is 2.20. The number of carbonyl (C=O) groups is 1. The summed E-state index contributed by atoms with van der Waals surface area (Å²) in [5, 5.41) is 12.5. The molecule has 0 atom stereocenters. The van der Waals surface area contributed by atoms with Gasteiger partial charge in [0.1, 0.15) is 11.4 Å². The monoisotopic (exact) mass is 281 g/mol. The van der Waals surface area contributed by atoms with Crippen molar-refractivity contribution in [1.82, 2.24) is 5.32 Å². The molecule has 102 valence electrons. The van der Waals surface area contributed by atoms with Crippen LogP contribution >= 0.6 is 11.6 Å². The predicted octanol–water partition coefficient (Wildman–Crippen LogP) is 2.92. The lowest BCUT2D eigenvalue weighted by atomic mass is 10.2. The van der Waals surface area contributed by atoms with E-state index in [1.165, 1.54) is 6.07 Å². The van der Waals surface area contributed by atoms with Crippen LogP contribution in [0.25, 0.3) is 0 Å². The van der Waals surface area contributed by atoms with Crippen molar-refractivity contribution >= 4 is 17.7 Å². The fourth-order valence-corrected chi connectivity index (χ4v) is 1.35. The average Bonchev–Trinajstić information content (AvgIpc) is 2.24. The van der Waals surface area contributed by atoms with Crippen LogP contribution in [0.3, 0.4) is 0 Å². The van der Waals surface area contributed by atoms with E-state index in [9.17, 15) is 9.90 Å². The number of halogens is 1. The van der Waals surface area contributed by atoms with Crippen molar-refractivity contribution in [2.75, 3.05) is 6.54 Å². The number of rotatable bonds is 1. The summed E-state index contributed by atoms with van der Waals surface area (Å²) in [5.41, 5.74) is -0.0817. The molecule has 0 aliphatic heterocycles. The summed E-state index contributed by atoms with van der Waals surface area (Å²) in [7, 11) is 0. The minimum Gasteiger partial charge on any atom is -0.507 e. The van der Waals surface area contributed by atoms with Crippen LogP contribution in [0.2, 0.25) is 5.02 Å². The van der Waals surface area contributed by atoms with Crippen molar-refractivity contribution in [1.29, 1.82) is 0 Å². The molecule has 0 bridgehead atoms. The van der Waals surface area contributed by atoms with Crippen LogP contribution in [0, 0.1) is 11.8 Å². The van der Waals surface area contributed by atoms with Crippen molar-refractivity contribution in [3.8, 4) is 17.6 Å². The molecule has 0 aliphatic rings. The van der Waals surface area contributed by atoms with Gasteiger partial charge >= 0.3 is 6.09 Å². The van der Waals surface area contributed by atoms with E-state index >= 15 is 0 Å². The van der Waals surface area contributed by atoms with Gasteiger partial charge in [-0.2, -0.15) is 0 Å². The lowest BCUT2D eigenvalue weighted by molar-refractivity contribution is 0.0535. The first-order valence-corrected chi connectivity index (χ1v) is 6.10. The highest BCUT2D eigenvalue weighted by molar-refractivity contribution is 6.30. The number of benzene rings is 1. The van der Waals surface area contributed by atoms with E-state index in [1.54, 1.807) is 32.9 Å². The first-order chi connectivity index (χ1) is 8.78. The summed E-state index contributed by atoms with van der Waals surface area (Å²) < 4.78 is 5.04. The molecular weight excluding hydrogens is 266 g/mol. The number of ether oxygens (including phenoxy) is 1. The molecule has 0 aromatic heterocycles. The maximum Gasteiger partial charge on any atom is 0.408 e. The van der Waals surface area contributed by atoms with Gasteiger partial charge in [-0.3, -0.25) is 0 Å². The van der Waals surface area contributed by atoms with Crippen molar-refractivity contribution in [2.24, 2.45) is 0 Å². The molecule has 1 rings (SSSR count). The number of carbonyl (C=O) groups excluding carboxylic acids is 1. The van der Waals surface area contributed by atoms with Crippen LogP contribution in [0.4, 0.5) is 4.79 Å². The van der Waals surface area contributed by atoms with Crippen LogP contribution in [-0.4, -0.2) is 23.3 Å². The molecule has 1 aromatic carbocycles. The van der Waals surface area contributed by atoms with Crippen LogP contribution < -0.4 is 5.32 Å². The summed E-state index contributed by atoms with van der Waals surface area (Å²) in [5.74, 6) is 5.45. The van der Waals surface area contributed by atoms with Crippen LogP contribution in [0.5, 0.6) is 5.75 Å². The molecule has 5 heteroatoms. The second-order valence-corrected chi connectivity index (χ2v) is 5.26. The molecular formula is C14H16ClNO3. The number of amides is 1. The van der Waals surface area contributed by atoms with E-state index in [0.717, 1.165) is 0 Å². The third-order valence-electron chi connectivity index (χ3n) is 1.90. The molecule has 0 spiro atoms. The number of aromatic hydroxyl groups is 1. The van der Waals surface area contributed by atoms with Crippen LogP contribution in [0.1, 0.15) is 26.3 Å². The molecule has 0 fully saturated rings. The van der Waals surface area contributed by atoms with Crippen molar-refractivity contribution in [3.63, 3.8) is 0 Å². The highest BCUT2D eigenvalue weighted by Gasteiger charge is 2.14. The quantitative estimate of drug-likeness (QED) is 0.778. The topological polar surface area (TPSA) is 58.6 Å². The Kier molecular flexibility index (Phi) is 5.08. The smallest absolute Gasteiger partial charge is 0.408 e. The largest absolute Gasteiger partial charge is 0.507 e. The zero-order valence-corrected chi connectivity index (χ0v) is 11.8. The Balaban J connectivity index is 2.50. The average molecular weight is 282 g/mol. The number of alkyl carbamates (subject to hydrolysis) is 1. The lowest BCUT2D eigenvalue weighted by Gasteiger charge is -2.18. The molecule has 0 saturated heterocycles. The van der Waals surface area contributed by atoms with Gasteiger partial charge in [0, 0.05) is 5.02 Å². The normalized spacial score (nSPS) is 10.3. The van der Waals surface area contributed by atoms with Crippen molar-refractivity contribution in [2.45, 2.75) is 26.4 Å². The number of phenols is 1. The Hall–Kier alpha value is -1.86. The second kappa shape index (κ2) is 6.35. The standard InChI is InChI=1S/C14H16ClNO3/c1-14(2,3)19-13(18)16-8-4-5-10-6-7-11(15)9-12(10)17/h6-7,9,17H,8H2,1-3H3,(H,16,18). The van der Waals surface area contributed by atoms with Gasteiger partial charge in [0.25, 0.3) is 0 Å². The minimum absolute atomic E-state index is 0.0114. The van der Waals surface area contributed by atoms with Crippen LogP contribution in [-0.2, 0) is 4.74 Å². The Morgan fingerprint density at radius 1 is 1.47 bits per heavy atom. The molecule has 0 aliphatic carbocycles.